The molecule has 2 aromatic rings. The molecule has 1 aromatic carbocycles. The summed E-state index contributed by atoms with van der Waals surface area (Å²) in [4.78, 5) is 3.99. The maximum Gasteiger partial charge on any atom is 0.269 e. The van der Waals surface area contributed by atoms with Crippen molar-refractivity contribution in [3.8, 4) is 0 Å². The van der Waals surface area contributed by atoms with Gasteiger partial charge in [-0.05, 0) is 37.1 Å². The van der Waals surface area contributed by atoms with Crippen LogP contribution in [0.3, 0.4) is 0 Å². The number of nitrogens with zero attached hydrogens (tertiary/aromatic N) is 2. The molecule has 0 saturated carbocycles. The van der Waals surface area contributed by atoms with Crippen molar-refractivity contribution in [3.05, 3.63) is 47.0 Å². The van der Waals surface area contributed by atoms with Crippen molar-refractivity contribution < 1.29 is 8.42 Å². The van der Waals surface area contributed by atoms with E-state index < -0.39 is 10.0 Å². The lowest BCUT2D eigenvalue weighted by atomic mass is 10.2. The maximum atomic E-state index is 12.3. The van der Waals surface area contributed by atoms with E-state index >= 15 is 0 Å². The molecular weight excluding hydrogens is 260 g/mol. The molecule has 1 aromatic heterocycles. The van der Waals surface area contributed by atoms with Crippen molar-refractivity contribution in [2.45, 2.75) is 18.7 Å². The predicted octanol–water partition coefficient (Wildman–Crippen LogP) is 2.39. The summed E-state index contributed by atoms with van der Waals surface area (Å²) < 4.78 is 25.6. The normalized spacial score (nSPS) is 11.7. The van der Waals surface area contributed by atoms with E-state index in [1.807, 2.05) is 0 Å². The Labute approximate surface area is 105 Å². The Bertz CT molecular complexity index is 648. The van der Waals surface area contributed by atoms with E-state index in [9.17, 15) is 8.42 Å². The number of aryl methyl sites for hydroxylation is 2. The minimum atomic E-state index is -3.57. The van der Waals surface area contributed by atoms with Gasteiger partial charge in [0.15, 0.2) is 0 Å². The molecule has 0 aliphatic rings. The number of rotatable bonds is 2. The third-order valence-corrected chi connectivity index (χ3v) is 4.67. The number of imidazole rings is 1. The highest BCUT2D eigenvalue weighted by atomic mass is 35.5. The molecule has 0 unspecified atom stereocenters. The molecule has 0 aliphatic heterocycles. The molecule has 2 rings (SSSR count). The molecule has 0 atom stereocenters. The fourth-order valence-corrected chi connectivity index (χ4v) is 3.17. The minimum Gasteiger partial charge on any atom is -0.244 e. The fraction of sp³-hybridized carbons (Fsp3) is 0.182. The van der Waals surface area contributed by atoms with Gasteiger partial charge in [0.1, 0.15) is 6.33 Å². The van der Waals surface area contributed by atoms with Crippen molar-refractivity contribution in [2.75, 3.05) is 0 Å². The molecular formula is C11H11ClN2O2S. The lowest BCUT2D eigenvalue weighted by Crippen LogP contribution is -2.12. The van der Waals surface area contributed by atoms with Crippen molar-refractivity contribution in [1.82, 2.24) is 8.96 Å². The third-order valence-electron chi connectivity index (χ3n) is 2.49. The zero-order valence-corrected chi connectivity index (χ0v) is 11.0. The zero-order chi connectivity index (χ0) is 12.6. The molecule has 6 heteroatoms. The fourth-order valence-electron chi connectivity index (χ4n) is 1.54. The van der Waals surface area contributed by atoms with E-state index in [4.69, 9.17) is 11.6 Å². The molecule has 0 fully saturated rings. The second-order valence-corrected chi connectivity index (χ2v) is 5.98. The monoisotopic (exact) mass is 270 g/mol. The first-order chi connectivity index (χ1) is 7.93. The zero-order valence-electron chi connectivity index (χ0n) is 9.38. The van der Waals surface area contributed by atoms with Crippen LogP contribution >= 0.6 is 11.6 Å². The first-order valence-corrected chi connectivity index (χ1v) is 6.75. The van der Waals surface area contributed by atoms with E-state index in [1.54, 1.807) is 26.0 Å². The van der Waals surface area contributed by atoms with Gasteiger partial charge in [-0.25, -0.2) is 17.4 Å². The largest absolute Gasteiger partial charge is 0.269 e. The predicted molar refractivity (Wildman–Crippen MR) is 65.7 cm³/mol. The van der Waals surface area contributed by atoms with Gasteiger partial charge in [-0.2, -0.15) is 0 Å². The lowest BCUT2D eigenvalue weighted by molar-refractivity contribution is 0.586. The Morgan fingerprint density at radius 3 is 2.53 bits per heavy atom. The van der Waals surface area contributed by atoms with Crippen LogP contribution in [0.2, 0.25) is 5.02 Å². The Morgan fingerprint density at radius 2 is 1.94 bits per heavy atom. The highest BCUT2D eigenvalue weighted by molar-refractivity contribution is 7.90. The van der Waals surface area contributed by atoms with Crippen LogP contribution in [0.25, 0.3) is 0 Å². The standard InChI is InChI=1S/C11H11ClN2O2S/c1-8-6-11(9(2)5-10(8)12)17(15,16)14-4-3-13-7-14/h3-7H,1-2H3. The molecule has 1 heterocycles. The number of hydrogen-bond donors (Lipinski definition) is 0. The van der Waals surface area contributed by atoms with Gasteiger partial charge >= 0.3 is 0 Å². The van der Waals surface area contributed by atoms with Gasteiger partial charge in [0.2, 0.25) is 0 Å². The SMILES string of the molecule is Cc1cc(S(=O)(=O)n2ccnc2)c(C)cc1Cl. The molecule has 0 amide bonds. The molecule has 0 radical (unpaired) electrons. The molecule has 17 heavy (non-hydrogen) atoms. The molecule has 4 nitrogen and oxygen atoms in total. The quantitative estimate of drug-likeness (QED) is 0.842. The van der Waals surface area contributed by atoms with Crippen molar-refractivity contribution in [3.63, 3.8) is 0 Å². The first kappa shape index (κ1) is 12.1. The molecule has 0 saturated heterocycles. The van der Waals surface area contributed by atoms with Crippen LogP contribution in [0.1, 0.15) is 11.1 Å². The summed E-state index contributed by atoms with van der Waals surface area (Å²) in [6.45, 7) is 3.49. The Balaban J connectivity index is 2.67. The van der Waals surface area contributed by atoms with Gasteiger partial charge in [-0.15, -0.1) is 0 Å². The van der Waals surface area contributed by atoms with E-state index in [0.717, 1.165) is 9.54 Å². The van der Waals surface area contributed by atoms with Gasteiger partial charge in [-0.1, -0.05) is 11.6 Å². The van der Waals surface area contributed by atoms with Crippen LogP contribution in [0, 0.1) is 13.8 Å². The Hall–Kier alpha value is -1.33. The smallest absolute Gasteiger partial charge is 0.244 e. The number of hydrogen-bond acceptors (Lipinski definition) is 3. The molecule has 90 valence electrons. The van der Waals surface area contributed by atoms with Crippen molar-refractivity contribution >= 4 is 21.6 Å². The van der Waals surface area contributed by atoms with Crippen LogP contribution < -0.4 is 0 Å². The van der Waals surface area contributed by atoms with Crippen LogP contribution in [-0.4, -0.2) is 17.4 Å². The molecule has 0 aliphatic carbocycles. The molecule has 0 bridgehead atoms. The number of benzene rings is 1. The second kappa shape index (κ2) is 4.16. The number of aromatic nitrogens is 2. The summed E-state index contributed by atoms with van der Waals surface area (Å²) in [6.07, 6.45) is 4.09. The van der Waals surface area contributed by atoms with Gasteiger partial charge in [0.25, 0.3) is 10.0 Å². The minimum absolute atomic E-state index is 0.248. The number of halogens is 1. The van der Waals surface area contributed by atoms with E-state index in [0.29, 0.717) is 10.6 Å². The Morgan fingerprint density at radius 1 is 1.24 bits per heavy atom. The average Bonchev–Trinajstić information content (AvgIpc) is 2.77. The maximum absolute atomic E-state index is 12.3. The van der Waals surface area contributed by atoms with Crippen LogP contribution in [0.5, 0.6) is 0 Å². The summed E-state index contributed by atoms with van der Waals surface area (Å²) in [5.74, 6) is 0. The van der Waals surface area contributed by atoms with E-state index in [2.05, 4.69) is 4.98 Å². The first-order valence-electron chi connectivity index (χ1n) is 4.93. The highest BCUT2D eigenvalue weighted by Gasteiger charge is 2.19. The third kappa shape index (κ3) is 2.08. The summed E-state index contributed by atoms with van der Waals surface area (Å²) in [7, 11) is -3.57. The highest BCUT2D eigenvalue weighted by Crippen LogP contribution is 2.25. The van der Waals surface area contributed by atoms with E-state index in [-0.39, 0.29) is 4.90 Å². The van der Waals surface area contributed by atoms with Gasteiger partial charge in [0, 0.05) is 17.4 Å². The van der Waals surface area contributed by atoms with Gasteiger partial charge < -0.3 is 0 Å². The molecule has 0 N–H and O–H groups in total. The summed E-state index contributed by atoms with van der Waals surface area (Å²) in [5.41, 5.74) is 1.35. The summed E-state index contributed by atoms with van der Waals surface area (Å²) in [5, 5.41) is 0.562. The van der Waals surface area contributed by atoms with Crippen molar-refractivity contribution in [1.29, 1.82) is 0 Å². The summed E-state index contributed by atoms with van der Waals surface area (Å²) in [6, 6.07) is 3.23. The lowest BCUT2D eigenvalue weighted by Gasteiger charge is -2.10. The van der Waals surface area contributed by atoms with Crippen LogP contribution in [0.4, 0.5) is 0 Å². The molecule has 0 spiro atoms. The van der Waals surface area contributed by atoms with Gasteiger partial charge in [-0.3, -0.25) is 0 Å². The van der Waals surface area contributed by atoms with Gasteiger partial charge in [0.05, 0.1) is 4.90 Å². The topological polar surface area (TPSA) is 52.0 Å². The Kier molecular flexibility index (Phi) is 2.97. The van der Waals surface area contributed by atoms with E-state index in [1.165, 1.54) is 18.7 Å². The van der Waals surface area contributed by atoms with Crippen LogP contribution in [-0.2, 0) is 10.0 Å². The summed E-state index contributed by atoms with van der Waals surface area (Å²) >= 11 is 5.95. The second-order valence-electron chi connectivity index (χ2n) is 3.76. The van der Waals surface area contributed by atoms with Crippen LogP contribution in [0.15, 0.2) is 35.7 Å². The van der Waals surface area contributed by atoms with Crippen molar-refractivity contribution in [2.24, 2.45) is 0 Å². The average molecular weight is 271 g/mol.